The van der Waals surface area contributed by atoms with E-state index in [1.165, 1.54) is 0 Å². The number of nitrogens with one attached hydrogen (secondary N) is 1. The number of aliphatic hydroxyl groups is 2. The van der Waals surface area contributed by atoms with Crippen molar-refractivity contribution in [1.82, 2.24) is 5.32 Å². The number of amides is 1. The number of aryl methyl sites for hydroxylation is 1. The molecule has 0 heterocycles. The highest BCUT2D eigenvalue weighted by molar-refractivity contribution is 5.78. The van der Waals surface area contributed by atoms with E-state index in [2.05, 4.69) is 26.1 Å². The average molecular weight is 366 g/mol. The largest absolute Gasteiger partial charge is 0.507 e. The van der Waals surface area contributed by atoms with Gasteiger partial charge in [-0.3, -0.25) is 4.79 Å². The Morgan fingerprint density at radius 3 is 2.15 bits per heavy atom. The Kier molecular flexibility index (Phi) is 7.66. The molecule has 0 saturated heterocycles. The molecule has 26 heavy (non-hydrogen) atoms. The van der Waals surface area contributed by atoms with Gasteiger partial charge in [-0.15, -0.1) is 0 Å². The minimum atomic E-state index is -0.999. The summed E-state index contributed by atoms with van der Waals surface area (Å²) >= 11 is 0. The molecule has 1 rings (SSSR count). The zero-order valence-corrected chi connectivity index (χ0v) is 17.0. The number of carbonyl (C=O) groups is 1. The van der Waals surface area contributed by atoms with Gasteiger partial charge in [0.25, 0.3) is 0 Å². The number of aromatic hydroxyl groups is 1. The summed E-state index contributed by atoms with van der Waals surface area (Å²) in [6.45, 7) is 11.3. The smallest absolute Gasteiger partial charge is 0.221 e. The third-order valence-electron chi connectivity index (χ3n) is 5.14. The first kappa shape index (κ1) is 22.5. The molecule has 4 N–H and O–H groups in total. The Morgan fingerprint density at radius 1 is 1.15 bits per heavy atom. The van der Waals surface area contributed by atoms with E-state index in [9.17, 15) is 20.1 Å². The van der Waals surface area contributed by atoms with Gasteiger partial charge in [-0.2, -0.15) is 0 Å². The minimum Gasteiger partial charge on any atom is -0.507 e. The van der Waals surface area contributed by atoms with E-state index in [1.54, 1.807) is 0 Å². The molecule has 0 aliphatic rings. The van der Waals surface area contributed by atoms with Gasteiger partial charge in [0.1, 0.15) is 5.75 Å². The number of hydrogen-bond acceptors (Lipinski definition) is 4. The van der Waals surface area contributed by atoms with Crippen LogP contribution in [0.1, 0.15) is 76.5 Å². The maximum atomic E-state index is 12.5. The fourth-order valence-corrected chi connectivity index (χ4v) is 3.18. The SMILES string of the molecule is CCC(CC(=O)NC(CC)(CO)CO)c1cc(C)cc(C(C)(C)C)c1O. The summed E-state index contributed by atoms with van der Waals surface area (Å²) < 4.78 is 0. The van der Waals surface area contributed by atoms with Crippen LogP contribution in [0.4, 0.5) is 0 Å². The lowest BCUT2D eigenvalue weighted by molar-refractivity contribution is -0.124. The maximum Gasteiger partial charge on any atom is 0.221 e. The Labute approximate surface area is 157 Å². The van der Waals surface area contributed by atoms with Crippen molar-refractivity contribution in [2.24, 2.45) is 0 Å². The summed E-state index contributed by atoms with van der Waals surface area (Å²) in [4.78, 5) is 12.5. The molecule has 0 aliphatic heterocycles. The first-order valence-electron chi connectivity index (χ1n) is 9.40. The normalized spacial score (nSPS) is 13.5. The monoisotopic (exact) mass is 365 g/mol. The summed E-state index contributed by atoms with van der Waals surface area (Å²) in [7, 11) is 0. The third-order valence-corrected chi connectivity index (χ3v) is 5.14. The van der Waals surface area contributed by atoms with Crippen LogP contribution >= 0.6 is 0 Å². The lowest BCUT2D eigenvalue weighted by Gasteiger charge is -2.31. The van der Waals surface area contributed by atoms with Gasteiger partial charge >= 0.3 is 0 Å². The first-order chi connectivity index (χ1) is 12.0. The van der Waals surface area contributed by atoms with E-state index in [4.69, 9.17) is 0 Å². The van der Waals surface area contributed by atoms with Crippen molar-refractivity contribution >= 4 is 5.91 Å². The average Bonchev–Trinajstić information content (AvgIpc) is 2.58. The van der Waals surface area contributed by atoms with Crippen molar-refractivity contribution in [2.75, 3.05) is 13.2 Å². The van der Waals surface area contributed by atoms with Crippen molar-refractivity contribution in [3.8, 4) is 5.75 Å². The molecule has 5 nitrogen and oxygen atoms in total. The van der Waals surface area contributed by atoms with E-state index in [0.29, 0.717) is 12.8 Å². The predicted octanol–water partition coefficient (Wildman–Crippen LogP) is 3.13. The molecular weight excluding hydrogens is 330 g/mol. The van der Waals surface area contributed by atoms with E-state index >= 15 is 0 Å². The Balaban J connectivity index is 3.13. The Hall–Kier alpha value is -1.59. The van der Waals surface area contributed by atoms with Gasteiger partial charge in [0, 0.05) is 6.42 Å². The van der Waals surface area contributed by atoms with Crippen LogP contribution in [0.2, 0.25) is 0 Å². The molecule has 1 unspecified atom stereocenters. The molecule has 0 radical (unpaired) electrons. The van der Waals surface area contributed by atoms with Gasteiger partial charge in [-0.05, 0) is 42.2 Å². The fourth-order valence-electron chi connectivity index (χ4n) is 3.18. The topological polar surface area (TPSA) is 89.8 Å². The maximum absolute atomic E-state index is 12.5. The molecule has 0 fully saturated rings. The van der Waals surface area contributed by atoms with Crippen molar-refractivity contribution in [2.45, 2.75) is 77.7 Å². The molecule has 0 saturated carbocycles. The number of phenols is 1. The molecule has 5 heteroatoms. The van der Waals surface area contributed by atoms with Crippen molar-refractivity contribution in [3.05, 3.63) is 28.8 Å². The summed E-state index contributed by atoms with van der Waals surface area (Å²) in [5, 5.41) is 32.6. The lowest BCUT2D eigenvalue weighted by Crippen LogP contribution is -2.54. The van der Waals surface area contributed by atoms with Crippen LogP contribution in [0.25, 0.3) is 0 Å². The van der Waals surface area contributed by atoms with Crippen LogP contribution in [-0.2, 0) is 10.2 Å². The van der Waals surface area contributed by atoms with E-state index < -0.39 is 5.54 Å². The number of benzene rings is 1. The Bertz CT molecular complexity index is 607. The van der Waals surface area contributed by atoms with Gasteiger partial charge in [-0.25, -0.2) is 0 Å². The van der Waals surface area contributed by atoms with E-state index in [1.807, 2.05) is 32.9 Å². The van der Waals surface area contributed by atoms with Crippen LogP contribution in [-0.4, -0.2) is 40.0 Å². The number of hydrogen-bond donors (Lipinski definition) is 4. The van der Waals surface area contributed by atoms with Crippen LogP contribution in [0.5, 0.6) is 5.75 Å². The van der Waals surface area contributed by atoms with Crippen LogP contribution in [0, 0.1) is 6.92 Å². The molecular formula is C21H35NO4. The second-order valence-electron chi connectivity index (χ2n) is 8.31. The molecule has 1 aromatic rings. The first-order valence-corrected chi connectivity index (χ1v) is 9.40. The van der Waals surface area contributed by atoms with Gasteiger partial charge < -0.3 is 20.6 Å². The molecule has 1 aromatic carbocycles. The van der Waals surface area contributed by atoms with Crippen LogP contribution < -0.4 is 5.32 Å². The summed E-state index contributed by atoms with van der Waals surface area (Å²) in [5.74, 6) is -0.114. The Morgan fingerprint density at radius 2 is 1.73 bits per heavy atom. The highest BCUT2D eigenvalue weighted by Gasteiger charge is 2.30. The highest BCUT2D eigenvalue weighted by atomic mass is 16.3. The molecule has 0 bridgehead atoms. The molecule has 0 aliphatic carbocycles. The minimum absolute atomic E-state index is 0.136. The molecule has 0 aromatic heterocycles. The molecule has 148 valence electrons. The van der Waals surface area contributed by atoms with E-state index in [-0.39, 0.29) is 42.6 Å². The number of phenolic OH excluding ortho intramolecular Hbond substituents is 1. The van der Waals surface area contributed by atoms with Gasteiger partial charge in [0.2, 0.25) is 5.91 Å². The fraction of sp³-hybridized carbons (Fsp3) is 0.667. The van der Waals surface area contributed by atoms with Gasteiger partial charge in [0.15, 0.2) is 0 Å². The molecule has 1 atom stereocenters. The lowest BCUT2D eigenvalue weighted by atomic mass is 9.81. The zero-order valence-electron chi connectivity index (χ0n) is 17.0. The third kappa shape index (κ3) is 5.21. The molecule has 1 amide bonds. The predicted molar refractivity (Wildman–Crippen MR) is 105 cm³/mol. The summed E-state index contributed by atoms with van der Waals surface area (Å²) in [6, 6.07) is 3.93. The number of aliphatic hydroxyl groups excluding tert-OH is 2. The quantitative estimate of drug-likeness (QED) is 0.570. The van der Waals surface area contributed by atoms with Crippen molar-refractivity contribution in [1.29, 1.82) is 0 Å². The van der Waals surface area contributed by atoms with Gasteiger partial charge in [-0.1, -0.05) is 52.3 Å². The second kappa shape index (κ2) is 8.87. The van der Waals surface area contributed by atoms with Crippen LogP contribution in [0.15, 0.2) is 12.1 Å². The van der Waals surface area contributed by atoms with Gasteiger partial charge in [0.05, 0.1) is 18.8 Å². The second-order valence-corrected chi connectivity index (χ2v) is 8.31. The number of rotatable bonds is 8. The van der Waals surface area contributed by atoms with Crippen molar-refractivity contribution in [3.63, 3.8) is 0 Å². The standard InChI is InChI=1S/C21H35NO4/c1-7-15(11-18(25)22-21(8-2,12-23)13-24)16-9-14(3)10-17(19(16)26)20(4,5)6/h9-10,15,23-24,26H,7-8,11-13H2,1-6H3,(H,22,25). The summed E-state index contributed by atoms with van der Waals surface area (Å²) in [5.41, 5.74) is 1.51. The molecule has 0 spiro atoms. The van der Waals surface area contributed by atoms with E-state index in [0.717, 1.165) is 16.7 Å². The zero-order chi connectivity index (χ0) is 20.1. The van der Waals surface area contributed by atoms with Crippen molar-refractivity contribution < 1.29 is 20.1 Å². The number of carbonyl (C=O) groups excluding carboxylic acids is 1. The summed E-state index contributed by atoms with van der Waals surface area (Å²) in [6.07, 6.45) is 1.33. The van der Waals surface area contributed by atoms with Crippen LogP contribution in [0.3, 0.4) is 0 Å². The highest BCUT2D eigenvalue weighted by Crippen LogP contribution is 2.39.